The molecule has 0 aliphatic heterocycles. The molecule has 0 aromatic carbocycles. The molecule has 3 nitrogen and oxygen atoms in total. The third-order valence-electron chi connectivity index (χ3n) is 2.10. The van der Waals surface area contributed by atoms with Crippen LogP contribution in [-0.4, -0.2) is 37.2 Å². The van der Waals surface area contributed by atoms with Gasteiger partial charge >= 0.3 is 91.7 Å². The molecule has 1 radical (unpaired) electrons. The van der Waals surface area contributed by atoms with E-state index in [1.165, 1.54) is 22.3 Å². The molecule has 0 heterocycles. The summed E-state index contributed by atoms with van der Waals surface area (Å²) in [6.07, 6.45) is 2.28. The van der Waals surface area contributed by atoms with Crippen molar-refractivity contribution in [1.82, 2.24) is 0 Å². The van der Waals surface area contributed by atoms with Crippen LogP contribution in [0.2, 0.25) is 0 Å². The number of carboxylic acid groups (broad SMARTS) is 1. The summed E-state index contributed by atoms with van der Waals surface area (Å²) in [7, 11) is 0. The standard InChI is InChI=1S/C9H15O3Te/c1-6(8(10)11)4-3-5-7(2)9(12)13/h6-7H,3-5H2,1-2H3,(H,10,11). The van der Waals surface area contributed by atoms with Gasteiger partial charge in [-0.05, 0) is 0 Å². The molecule has 2 unspecified atom stereocenters. The van der Waals surface area contributed by atoms with E-state index < -0.39 is 5.97 Å². The number of hydrogen-bond donors (Lipinski definition) is 1. The van der Waals surface area contributed by atoms with Gasteiger partial charge < -0.3 is 0 Å². The van der Waals surface area contributed by atoms with E-state index >= 15 is 0 Å². The third-order valence-corrected chi connectivity index (χ3v) is 3.25. The van der Waals surface area contributed by atoms with Gasteiger partial charge in [-0.1, -0.05) is 0 Å². The number of hydrogen-bond acceptors (Lipinski definition) is 2. The predicted molar refractivity (Wildman–Crippen MR) is 50.6 cm³/mol. The molecule has 0 aliphatic carbocycles. The Morgan fingerprint density at radius 2 is 1.69 bits per heavy atom. The molecule has 0 amide bonds. The number of carbonyl (C=O) groups excluding carboxylic acids is 1. The van der Waals surface area contributed by atoms with Gasteiger partial charge in [0.05, 0.1) is 0 Å². The topological polar surface area (TPSA) is 54.4 Å². The Labute approximate surface area is 91.8 Å². The fraction of sp³-hybridized carbons (Fsp3) is 0.778. The van der Waals surface area contributed by atoms with Crippen LogP contribution >= 0.6 is 0 Å². The zero-order chi connectivity index (χ0) is 10.4. The molecule has 0 spiro atoms. The first-order valence-electron chi connectivity index (χ1n) is 4.38. The van der Waals surface area contributed by atoms with Crippen LogP contribution in [0.15, 0.2) is 0 Å². The second kappa shape index (κ2) is 6.39. The van der Waals surface area contributed by atoms with Gasteiger partial charge in [0.15, 0.2) is 0 Å². The van der Waals surface area contributed by atoms with Gasteiger partial charge in [-0.3, -0.25) is 0 Å². The van der Waals surface area contributed by atoms with E-state index in [4.69, 9.17) is 5.11 Å². The average molecular weight is 299 g/mol. The van der Waals surface area contributed by atoms with Crippen molar-refractivity contribution in [3.8, 4) is 0 Å². The Bertz CT molecular complexity index is 171. The SMILES string of the molecule is CC(CCCC(C)C(=O)[Te])C(=O)O. The van der Waals surface area contributed by atoms with E-state index in [0.717, 1.165) is 12.8 Å². The summed E-state index contributed by atoms with van der Waals surface area (Å²) < 4.78 is 0.193. The molecule has 0 bridgehead atoms. The Morgan fingerprint density at radius 3 is 2.08 bits per heavy atom. The van der Waals surface area contributed by atoms with E-state index in [1.54, 1.807) is 6.92 Å². The molecule has 0 rings (SSSR count). The van der Waals surface area contributed by atoms with Crippen LogP contribution in [0, 0.1) is 11.8 Å². The van der Waals surface area contributed by atoms with Crippen LogP contribution in [-0.2, 0) is 9.59 Å². The Hall–Kier alpha value is -0.0704. The van der Waals surface area contributed by atoms with Crippen molar-refractivity contribution in [2.75, 3.05) is 0 Å². The van der Waals surface area contributed by atoms with Crippen LogP contribution in [0.3, 0.4) is 0 Å². The van der Waals surface area contributed by atoms with Gasteiger partial charge in [0, 0.05) is 0 Å². The van der Waals surface area contributed by atoms with Crippen LogP contribution in [0.5, 0.6) is 0 Å². The number of aliphatic carboxylic acids is 1. The Balaban J connectivity index is 3.56. The predicted octanol–water partition coefficient (Wildman–Crippen LogP) is 1.21. The summed E-state index contributed by atoms with van der Waals surface area (Å²) >= 11 is 1.51. The quantitative estimate of drug-likeness (QED) is 0.750. The zero-order valence-corrected chi connectivity index (χ0v) is 10.3. The number of rotatable bonds is 6. The molecular weight excluding hydrogens is 284 g/mol. The Kier molecular flexibility index (Phi) is 6.36. The number of carboxylic acids is 1. The molecule has 0 saturated heterocycles. The monoisotopic (exact) mass is 301 g/mol. The molecule has 1 N–H and O–H groups in total. The van der Waals surface area contributed by atoms with E-state index in [2.05, 4.69) is 0 Å². The second-order valence-electron chi connectivity index (χ2n) is 3.39. The summed E-state index contributed by atoms with van der Waals surface area (Å²) in [5.74, 6) is -0.970. The van der Waals surface area contributed by atoms with E-state index in [1.807, 2.05) is 6.92 Å². The van der Waals surface area contributed by atoms with Crippen LogP contribution in [0.4, 0.5) is 0 Å². The molecule has 0 aromatic rings. The van der Waals surface area contributed by atoms with Gasteiger partial charge in [-0.2, -0.15) is 0 Å². The van der Waals surface area contributed by atoms with Crippen LogP contribution in [0.1, 0.15) is 33.1 Å². The zero-order valence-electron chi connectivity index (χ0n) is 7.95. The summed E-state index contributed by atoms with van der Waals surface area (Å²) in [5.41, 5.74) is 0. The minimum absolute atomic E-state index is 0.0748. The van der Waals surface area contributed by atoms with Gasteiger partial charge in [0.1, 0.15) is 0 Å². The summed E-state index contributed by atoms with van der Waals surface area (Å²) in [4.78, 5) is 21.3. The van der Waals surface area contributed by atoms with Crippen molar-refractivity contribution in [1.29, 1.82) is 0 Å². The summed E-state index contributed by atoms with van der Waals surface area (Å²) in [5, 5.41) is 8.59. The fourth-order valence-electron chi connectivity index (χ4n) is 0.972. The van der Waals surface area contributed by atoms with Crippen LogP contribution < -0.4 is 0 Å². The molecule has 4 heteroatoms. The van der Waals surface area contributed by atoms with Gasteiger partial charge in [0.25, 0.3) is 0 Å². The molecule has 0 saturated carbocycles. The van der Waals surface area contributed by atoms with Crippen molar-refractivity contribution in [2.24, 2.45) is 11.8 Å². The molecule has 2 atom stereocenters. The molecule has 75 valence electrons. The van der Waals surface area contributed by atoms with E-state index in [0.29, 0.717) is 6.42 Å². The average Bonchev–Trinajstić information content (AvgIpc) is 2.03. The second-order valence-corrected chi connectivity index (χ2v) is 4.54. The maximum absolute atomic E-state index is 10.8. The summed E-state index contributed by atoms with van der Waals surface area (Å²) in [6, 6.07) is 0. The van der Waals surface area contributed by atoms with Crippen LogP contribution in [0.25, 0.3) is 0 Å². The van der Waals surface area contributed by atoms with E-state index in [-0.39, 0.29) is 15.7 Å². The normalized spacial score (nSPS) is 14.9. The minimum atomic E-state index is -0.754. The first-order valence-corrected chi connectivity index (χ1v) is 5.55. The first kappa shape index (κ1) is 12.9. The fourth-order valence-corrected chi connectivity index (χ4v) is 1.31. The first-order chi connectivity index (χ1) is 5.95. The molecule has 13 heavy (non-hydrogen) atoms. The molecule has 0 aliphatic rings. The van der Waals surface area contributed by atoms with Gasteiger partial charge in [-0.25, -0.2) is 0 Å². The van der Waals surface area contributed by atoms with Crippen molar-refractivity contribution < 1.29 is 14.7 Å². The maximum atomic E-state index is 10.8. The summed E-state index contributed by atoms with van der Waals surface area (Å²) in [6.45, 7) is 3.58. The van der Waals surface area contributed by atoms with Gasteiger partial charge in [0.2, 0.25) is 0 Å². The third kappa shape index (κ3) is 6.06. The van der Waals surface area contributed by atoms with Crippen molar-refractivity contribution >= 4 is 32.1 Å². The van der Waals surface area contributed by atoms with Gasteiger partial charge in [-0.15, -0.1) is 0 Å². The van der Waals surface area contributed by atoms with E-state index in [9.17, 15) is 9.59 Å². The molecular formula is C9H15O3Te. The van der Waals surface area contributed by atoms with Crippen molar-refractivity contribution in [2.45, 2.75) is 33.1 Å². The van der Waals surface area contributed by atoms with Crippen molar-refractivity contribution in [3.63, 3.8) is 0 Å². The Morgan fingerprint density at radius 1 is 1.23 bits per heavy atom. The number of carbonyl (C=O) groups is 2. The van der Waals surface area contributed by atoms with Crippen molar-refractivity contribution in [3.05, 3.63) is 0 Å². The molecule has 0 aromatic heterocycles. The molecule has 0 fully saturated rings.